The summed E-state index contributed by atoms with van der Waals surface area (Å²) in [4.78, 5) is 13.0. The molecule has 0 aromatic heterocycles. The Bertz CT molecular complexity index is 1150. The lowest BCUT2D eigenvalue weighted by Gasteiger charge is -2.23. The summed E-state index contributed by atoms with van der Waals surface area (Å²) in [6.45, 7) is 0.322. The van der Waals surface area contributed by atoms with Crippen molar-refractivity contribution in [3.05, 3.63) is 71.8 Å². The van der Waals surface area contributed by atoms with Gasteiger partial charge in [-0.05, 0) is 53.9 Å². The number of nitrogens with zero attached hydrogens (tertiary/aromatic N) is 1. The molecule has 1 heterocycles. The first-order valence-corrected chi connectivity index (χ1v) is 10.8. The predicted molar refractivity (Wildman–Crippen MR) is 111 cm³/mol. The van der Waals surface area contributed by atoms with E-state index in [9.17, 15) is 13.2 Å². The van der Waals surface area contributed by atoms with Gasteiger partial charge in [-0.3, -0.25) is 4.79 Å². The zero-order chi connectivity index (χ0) is 19.7. The molecule has 1 amide bonds. The summed E-state index contributed by atoms with van der Waals surface area (Å²) in [5, 5.41) is 5.10. The maximum atomic E-state index is 13.2. The third kappa shape index (κ3) is 3.63. The maximum Gasteiger partial charge on any atom is 0.243 e. The number of fused-ring (bicyclic) bond motifs is 1. The molecule has 0 spiro atoms. The first-order chi connectivity index (χ1) is 13.4. The Morgan fingerprint density at radius 1 is 1.00 bits per heavy atom. The van der Waals surface area contributed by atoms with Crippen LogP contribution in [0.1, 0.15) is 12.8 Å². The summed E-state index contributed by atoms with van der Waals surface area (Å²) in [5.41, 5.74) is 0.549. The number of carbonyl (C=O) groups is 1. The van der Waals surface area contributed by atoms with Gasteiger partial charge in [0, 0.05) is 17.3 Å². The Labute approximate surface area is 169 Å². The van der Waals surface area contributed by atoms with Gasteiger partial charge in [0.25, 0.3) is 0 Å². The van der Waals surface area contributed by atoms with Crippen molar-refractivity contribution in [2.24, 2.45) is 0 Å². The largest absolute Gasteiger partial charge is 0.325 e. The van der Waals surface area contributed by atoms with E-state index in [-0.39, 0.29) is 10.8 Å². The molecular formula is C21H19ClN2O3S. The van der Waals surface area contributed by atoms with E-state index in [4.69, 9.17) is 11.6 Å². The fourth-order valence-electron chi connectivity index (χ4n) is 3.54. The number of sulfonamides is 1. The second kappa shape index (κ2) is 7.54. The van der Waals surface area contributed by atoms with Crippen LogP contribution < -0.4 is 5.32 Å². The van der Waals surface area contributed by atoms with Crippen LogP contribution in [0.2, 0.25) is 5.02 Å². The molecule has 1 aliphatic heterocycles. The van der Waals surface area contributed by atoms with Gasteiger partial charge < -0.3 is 5.32 Å². The van der Waals surface area contributed by atoms with Crippen molar-refractivity contribution in [3.63, 3.8) is 0 Å². The minimum Gasteiger partial charge on any atom is -0.325 e. The normalized spacial score (nSPS) is 17.7. The zero-order valence-electron chi connectivity index (χ0n) is 15.0. The second-order valence-electron chi connectivity index (χ2n) is 6.78. The zero-order valence-corrected chi connectivity index (χ0v) is 16.6. The van der Waals surface area contributed by atoms with Gasteiger partial charge in [0.05, 0.1) is 4.90 Å². The molecule has 1 aliphatic rings. The van der Waals surface area contributed by atoms with Gasteiger partial charge in [-0.15, -0.1) is 0 Å². The van der Waals surface area contributed by atoms with Gasteiger partial charge >= 0.3 is 0 Å². The molecule has 3 aromatic rings. The van der Waals surface area contributed by atoms with Crippen LogP contribution >= 0.6 is 11.6 Å². The second-order valence-corrected chi connectivity index (χ2v) is 9.11. The Kier molecular flexibility index (Phi) is 5.10. The Balaban J connectivity index is 1.61. The first kappa shape index (κ1) is 18.9. The minimum atomic E-state index is -3.78. The molecular weight excluding hydrogens is 396 g/mol. The topological polar surface area (TPSA) is 66.5 Å². The third-order valence-electron chi connectivity index (χ3n) is 4.93. The number of hydrogen-bond acceptors (Lipinski definition) is 3. The van der Waals surface area contributed by atoms with E-state index < -0.39 is 16.1 Å². The average molecular weight is 415 g/mol. The van der Waals surface area contributed by atoms with E-state index >= 15 is 0 Å². The van der Waals surface area contributed by atoms with Gasteiger partial charge in [-0.25, -0.2) is 8.42 Å². The van der Waals surface area contributed by atoms with Crippen molar-refractivity contribution >= 4 is 44.0 Å². The van der Waals surface area contributed by atoms with Crippen LogP contribution in [-0.4, -0.2) is 31.2 Å². The molecule has 0 bridgehead atoms. The number of nitrogens with one attached hydrogen (secondary N) is 1. The molecule has 5 nitrogen and oxygen atoms in total. The highest BCUT2D eigenvalue weighted by Gasteiger charge is 2.39. The molecule has 0 saturated carbocycles. The molecule has 1 atom stereocenters. The molecule has 4 rings (SSSR count). The number of amides is 1. The summed E-state index contributed by atoms with van der Waals surface area (Å²) < 4.78 is 27.8. The van der Waals surface area contributed by atoms with Gasteiger partial charge in [0.15, 0.2) is 0 Å². The molecule has 0 aliphatic carbocycles. The third-order valence-corrected chi connectivity index (χ3v) is 7.07. The number of anilines is 1. The smallest absolute Gasteiger partial charge is 0.243 e. The number of benzene rings is 3. The number of rotatable bonds is 4. The Morgan fingerprint density at radius 2 is 1.79 bits per heavy atom. The van der Waals surface area contributed by atoms with Gasteiger partial charge in [0.2, 0.25) is 15.9 Å². The number of carbonyl (C=O) groups excluding carboxylic acids is 1. The van der Waals surface area contributed by atoms with E-state index in [2.05, 4.69) is 5.32 Å². The van der Waals surface area contributed by atoms with E-state index in [0.717, 1.165) is 10.8 Å². The quantitative estimate of drug-likeness (QED) is 0.692. The molecule has 1 saturated heterocycles. The van der Waals surface area contributed by atoms with Crippen LogP contribution in [0.25, 0.3) is 10.8 Å². The fraction of sp³-hybridized carbons (Fsp3) is 0.190. The maximum absolute atomic E-state index is 13.2. The highest BCUT2D eigenvalue weighted by atomic mass is 35.5. The van der Waals surface area contributed by atoms with Crippen LogP contribution in [0.3, 0.4) is 0 Å². The molecule has 28 heavy (non-hydrogen) atoms. The van der Waals surface area contributed by atoms with Gasteiger partial charge in [-0.1, -0.05) is 48.0 Å². The summed E-state index contributed by atoms with van der Waals surface area (Å²) in [7, 11) is -3.78. The molecule has 3 aromatic carbocycles. The van der Waals surface area contributed by atoms with Crippen molar-refractivity contribution in [1.29, 1.82) is 0 Å². The monoisotopic (exact) mass is 414 g/mol. The van der Waals surface area contributed by atoms with E-state index in [1.54, 1.807) is 42.5 Å². The average Bonchev–Trinajstić information content (AvgIpc) is 3.18. The van der Waals surface area contributed by atoms with Crippen molar-refractivity contribution in [3.8, 4) is 0 Å². The van der Waals surface area contributed by atoms with E-state index in [0.29, 0.717) is 30.1 Å². The Hall–Kier alpha value is -2.41. The van der Waals surface area contributed by atoms with Crippen molar-refractivity contribution in [2.75, 3.05) is 11.9 Å². The van der Waals surface area contributed by atoms with Crippen LogP contribution in [0.4, 0.5) is 5.69 Å². The van der Waals surface area contributed by atoms with Crippen LogP contribution in [0.5, 0.6) is 0 Å². The SMILES string of the molecule is O=C(Nc1cccc(Cl)c1)[C@H]1CCCN1S(=O)(=O)c1ccc2ccccc2c1. The van der Waals surface area contributed by atoms with Crippen LogP contribution in [-0.2, 0) is 14.8 Å². The number of halogens is 1. The Morgan fingerprint density at radius 3 is 2.57 bits per heavy atom. The predicted octanol–water partition coefficient (Wildman–Crippen LogP) is 4.29. The van der Waals surface area contributed by atoms with Crippen molar-refractivity contribution in [2.45, 2.75) is 23.8 Å². The van der Waals surface area contributed by atoms with Crippen molar-refractivity contribution in [1.82, 2.24) is 4.31 Å². The molecule has 0 radical (unpaired) electrons. The lowest BCUT2D eigenvalue weighted by Crippen LogP contribution is -2.43. The fourth-order valence-corrected chi connectivity index (χ4v) is 5.43. The van der Waals surface area contributed by atoms with E-state index in [1.807, 2.05) is 24.3 Å². The summed E-state index contributed by atoms with van der Waals surface area (Å²) >= 11 is 5.96. The van der Waals surface area contributed by atoms with Gasteiger partial charge in [0.1, 0.15) is 6.04 Å². The first-order valence-electron chi connectivity index (χ1n) is 9.02. The number of hydrogen-bond donors (Lipinski definition) is 1. The van der Waals surface area contributed by atoms with Crippen LogP contribution in [0, 0.1) is 0 Å². The van der Waals surface area contributed by atoms with Gasteiger partial charge in [-0.2, -0.15) is 4.31 Å². The lowest BCUT2D eigenvalue weighted by atomic mass is 10.1. The summed E-state index contributed by atoms with van der Waals surface area (Å²) in [6, 6.07) is 18.7. The molecule has 144 valence electrons. The summed E-state index contributed by atoms with van der Waals surface area (Å²) in [5.74, 6) is -0.343. The standard InChI is InChI=1S/C21H19ClN2O3S/c22-17-7-3-8-18(14-17)23-21(25)20-9-4-12-24(20)28(26,27)19-11-10-15-5-1-2-6-16(15)13-19/h1-3,5-8,10-11,13-14,20H,4,9,12H2,(H,23,25)/t20-/m1/s1. The van der Waals surface area contributed by atoms with E-state index in [1.165, 1.54) is 4.31 Å². The lowest BCUT2D eigenvalue weighted by molar-refractivity contribution is -0.119. The van der Waals surface area contributed by atoms with Crippen LogP contribution in [0.15, 0.2) is 71.6 Å². The molecule has 1 fully saturated rings. The highest BCUT2D eigenvalue weighted by Crippen LogP contribution is 2.29. The summed E-state index contributed by atoms with van der Waals surface area (Å²) in [6.07, 6.45) is 1.12. The molecule has 0 unspecified atom stereocenters. The molecule has 1 N–H and O–H groups in total. The highest BCUT2D eigenvalue weighted by molar-refractivity contribution is 7.89. The molecule has 7 heteroatoms. The van der Waals surface area contributed by atoms with Crippen molar-refractivity contribution < 1.29 is 13.2 Å². The minimum absolute atomic E-state index is 0.202.